The van der Waals surface area contributed by atoms with Gasteiger partial charge in [0.25, 0.3) is 0 Å². The molecule has 2 unspecified atom stereocenters. The van der Waals surface area contributed by atoms with E-state index in [-0.39, 0.29) is 22.9 Å². The monoisotopic (exact) mass is 297 g/mol. The zero-order chi connectivity index (χ0) is 16.3. The highest BCUT2D eigenvalue weighted by molar-refractivity contribution is 5.66. The second-order valence-electron chi connectivity index (χ2n) is 8.27. The summed E-state index contributed by atoms with van der Waals surface area (Å²) in [6.07, 6.45) is 4.60. The van der Waals surface area contributed by atoms with Crippen molar-refractivity contribution < 1.29 is 9.53 Å². The lowest BCUT2D eigenvalue weighted by atomic mass is 9.71. The van der Waals surface area contributed by atoms with Crippen molar-refractivity contribution in [2.45, 2.75) is 86.3 Å². The van der Waals surface area contributed by atoms with E-state index < -0.39 is 0 Å². The molecule has 0 aromatic carbocycles. The van der Waals surface area contributed by atoms with Crippen molar-refractivity contribution in [1.29, 1.82) is 0 Å². The standard InChI is InChI=1S/C18H35NO2/c1-8-14(2)19-11-9-18(7,10-12-19)13-16(17(4,5)6)21-15(3)20/h14,16H,8-13H2,1-7H3. The SMILES string of the molecule is CCC(C)N1CCC(C)(CC(OC(C)=O)C(C)(C)C)CC1. The second kappa shape index (κ2) is 7.13. The maximum Gasteiger partial charge on any atom is 0.302 e. The molecule has 0 spiro atoms. The van der Waals surface area contributed by atoms with Crippen LogP contribution in [0.3, 0.4) is 0 Å². The van der Waals surface area contributed by atoms with E-state index >= 15 is 0 Å². The largest absolute Gasteiger partial charge is 0.462 e. The van der Waals surface area contributed by atoms with Crippen molar-refractivity contribution in [2.24, 2.45) is 10.8 Å². The molecule has 1 heterocycles. The van der Waals surface area contributed by atoms with Gasteiger partial charge in [0.2, 0.25) is 0 Å². The van der Waals surface area contributed by atoms with Crippen molar-refractivity contribution >= 4 is 5.97 Å². The Morgan fingerprint density at radius 3 is 2.19 bits per heavy atom. The second-order valence-corrected chi connectivity index (χ2v) is 8.27. The number of hydrogen-bond donors (Lipinski definition) is 0. The third-order valence-electron chi connectivity index (χ3n) is 5.17. The van der Waals surface area contributed by atoms with Crippen LogP contribution in [0.1, 0.15) is 74.1 Å². The van der Waals surface area contributed by atoms with Crippen molar-refractivity contribution in [3.8, 4) is 0 Å². The van der Waals surface area contributed by atoms with Gasteiger partial charge < -0.3 is 9.64 Å². The summed E-state index contributed by atoms with van der Waals surface area (Å²) in [5, 5.41) is 0. The van der Waals surface area contributed by atoms with E-state index in [4.69, 9.17) is 4.74 Å². The van der Waals surface area contributed by atoms with Gasteiger partial charge in [0.15, 0.2) is 0 Å². The average molecular weight is 297 g/mol. The molecular formula is C18H35NO2. The van der Waals surface area contributed by atoms with Crippen molar-refractivity contribution in [1.82, 2.24) is 4.90 Å². The first-order valence-electron chi connectivity index (χ1n) is 8.48. The summed E-state index contributed by atoms with van der Waals surface area (Å²) < 4.78 is 5.63. The minimum Gasteiger partial charge on any atom is -0.462 e. The summed E-state index contributed by atoms with van der Waals surface area (Å²) in [4.78, 5) is 14.0. The molecule has 0 aromatic heterocycles. The first kappa shape index (κ1) is 18.5. The Labute approximate surface area is 131 Å². The third-order valence-corrected chi connectivity index (χ3v) is 5.17. The molecule has 21 heavy (non-hydrogen) atoms. The predicted octanol–water partition coefficient (Wildman–Crippen LogP) is 4.25. The van der Waals surface area contributed by atoms with E-state index in [0.717, 1.165) is 6.42 Å². The Hall–Kier alpha value is -0.570. The summed E-state index contributed by atoms with van der Waals surface area (Å²) >= 11 is 0. The van der Waals surface area contributed by atoms with Gasteiger partial charge in [0, 0.05) is 13.0 Å². The highest BCUT2D eigenvalue weighted by Crippen LogP contribution is 2.40. The molecule has 1 aliphatic rings. The lowest BCUT2D eigenvalue weighted by Gasteiger charge is -2.44. The van der Waals surface area contributed by atoms with Gasteiger partial charge in [-0.2, -0.15) is 0 Å². The van der Waals surface area contributed by atoms with Crippen LogP contribution in [0.5, 0.6) is 0 Å². The Balaban J connectivity index is 2.65. The molecule has 0 aliphatic carbocycles. The quantitative estimate of drug-likeness (QED) is 0.710. The van der Waals surface area contributed by atoms with Crippen LogP contribution in [-0.2, 0) is 9.53 Å². The minimum atomic E-state index is -0.157. The number of hydrogen-bond acceptors (Lipinski definition) is 3. The average Bonchev–Trinajstić information content (AvgIpc) is 2.36. The molecule has 0 radical (unpaired) electrons. The molecule has 124 valence electrons. The number of nitrogens with zero attached hydrogens (tertiary/aromatic N) is 1. The fourth-order valence-corrected chi connectivity index (χ4v) is 3.14. The Kier molecular flexibility index (Phi) is 6.27. The summed E-state index contributed by atoms with van der Waals surface area (Å²) in [5.41, 5.74) is 0.292. The first-order chi connectivity index (χ1) is 9.57. The molecule has 0 aromatic rings. The Bertz CT molecular complexity index is 338. The summed E-state index contributed by atoms with van der Waals surface area (Å²) in [7, 11) is 0. The van der Waals surface area contributed by atoms with Gasteiger partial charge in [0.05, 0.1) is 0 Å². The molecule has 1 rings (SSSR count). The molecule has 3 heteroatoms. The van der Waals surface area contributed by atoms with Crippen LogP contribution in [0.15, 0.2) is 0 Å². The topological polar surface area (TPSA) is 29.5 Å². The number of carbonyl (C=O) groups is 1. The van der Waals surface area contributed by atoms with Crippen LogP contribution in [0.4, 0.5) is 0 Å². The van der Waals surface area contributed by atoms with Crippen molar-refractivity contribution in [3.63, 3.8) is 0 Å². The van der Waals surface area contributed by atoms with Gasteiger partial charge in [-0.25, -0.2) is 0 Å². The highest BCUT2D eigenvalue weighted by atomic mass is 16.5. The fourth-order valence-electron chi connectivity index (χ4n) is 3.14. The van der Waals surface area contributed by atoms with Gasteiger partial charge in [-0.3, -0.25) is 4.79 Å². The fraction of sp³-hybridized carbons (Fsp3) is 0.944. The van der Waals surface area contributed by atoms with Crippen LogP contribution in [0.2, 0.25) is 0 Å². The summed E-state index contributed by atoms with van der Waals surface area (Å²) in [6.45, 7) is 17.3. The number of piperidine rings is 1. The smallest absolute Gasteiger partial charge is 0.302 e. The first-order valence-corrected chi connectivity index (χ1v) is 8.48. The van der Waals surface area contributed by atoms with Crippen molar-refractivity contribution in [3.05, 3.63) is 0 Å². The van der Waals surface area contributed by atoms with Crippen LogP contribution in [0.25, 0.3) is 0 Å². The van der Waals surface area contributed by atoms with E-state index in [9.17, 15) is 4.79 Å². The minimum absolute atomic E-state index is 0.00250. The van der Waals surface area contributed by atoms with Gasteiger partial charge in [0.1, 0.15) is 6.10 Å². The Morgan fingerprint density at radius 2 is 1.81 bits per heavy atom. The van der Waals surface area contributed by atoms with E-state index in [2.05, 4.69) is 46.4 Å². The molecule has 3 nitrogen and oxygen atoms in total. The van der Waals surface area contributed by atoms with Gasteiger partial charge in [-0.1, -0.05) is 34.6 Å². The van der Waals surface area contributed by atoms with E-state index in [1.54, 1.807) is 0 Å². The number of rotatable bonds is 5. The number of esters is 1. The summed E-state index contributed by atoms with van der Waals surface area (Å²) in [6, 6.07) is 0.682. The molecule has 1 saturated heterocycles. The molecule has 0 saturated carbocycles. The number of carbonyl (C=O) groups excluding carboxylic acids is 1. The Morgan fingerprint density at radius 1 is 1.29 bits per heavy atom. The van der Waals surface area contributed by atoms with Crippen LogP contribution in [-0.4, -0.2) is 36.1 Å². The summed E-state index contributed by atoms with van der Waals surface area (Å²) in [5.74, 6) is -0.157. The zero-order valence-corrected chi connectivity index (χ0v) is 15.2. The molecule has 0 bridgehead atoms. The van der Waals surface area contributed by atoms with Gasteiger partial charge in [-0.05, 0) is 56.5 Å². The molecule has 1 fully saturated rings. The molecule has 1 aliphatic heterocycles. The lowest BCUT2D eigenvalue weighted by Crippen LogP contribution is -2.45. The predicted molar refractivity (Wildman–Crippen MR) is 88.3 cm³/mol. The molecule has 0 N–H and O–H groups in total. The number of likely N-dealkylation sites (tertiary alicyclic amines) is 1. The van der Waals surface area contributed by atoms with Crippen molar-refractivity contribution in [2.75, 3.05) is 13.1 Å². The molecular weight excluding hydrogens is 262 g/mol. The van der Waals surface area contributed by atoms with E-state index in [1.165, 1.54) is 39.3 Å². The van der Waals surface area contributed by atoms with Gasteiger partial charge in [-0.15, -0.1) is 0 Å². The van der Waals surface area contributed by atoms with Crippen LogP contribution >= 0.6 is 0 Å². The zero-order valence-electron chi connectivity index (χ0n) is 15.2. The highest BCUT2D eigenvalue weighted by Gasteiger charge is 2.38. The lowest BCUT2D eigenvalue weighted by molar-refractivity contribution is -0.155. The maximum absolute atomic E-state index is 11.4. The van der Waals surface area contributed by atoms with Crippen LogP contribution in [0, 0.1) is 10.8 Å². The van der Waals surface area contributed by atoms with E-state index in [1.807, 2.05) is 0 Å². The van der Waals surface area contributed by atoms with E-state index in [0.29, 0.717) is 6.04 Å². The third kappa shape index (κ3) is 5.61. The number of ether oxygens (including phenoxy) is 1. The molecule has 2 atom stereocenters. The normalized spacial score (nSPS) is 22.6. The van der Waals surface area contributed by atoms with Crippen LogP contribution < -0.4 is 0 Å². The maximum atomic E-state index is 11.4. The van der Waals surface area contributed by atoms with Gasteiger partial charge >= 0.3 is 5.97 Å². The molecule has 0 amide bonds.